The zero-order valence-electron chi connectivity index (χ0n) is 11.9. The minimum atomic E-state index is -1.69. The Morgan fingerprint density at radius 1 is 0.917 bits per heavy atom. The van der Waals surface area contributed by atoms with Gasteiger partial charge in [0.1, 0.15) is 11.5 Å². The lowest BCUT2D eigenvalue weighted by molar-refractivity contribution is 0.102. The largest absolute Gasteiger partial charge is 0.318 e. The van der Waals surface area contributed by atoms with Crippen molar-refractivity contribution in [3.05, 3.63) is 77.6 Å². The maximum Gasteiger partial charge on any atom is 0.276 e. The highest BCUT2D eigenvalue weighted by Gasteiger charge is 2.17. The molecule has 1 N–H and O–H groups in total. The quantitative estimate of drug-likeness (QED) is 0.586. The number of carbonyl (C=O) groups excluding carboxylic acids is 1. The van der Waals surface area contributed by atoms with Crippen molar-refractivity contribution in [3.8, 4) is 5.69 Å². The predicted octanol–water partition coefficient (Wildman–Crippen LogP) is 3.68. The first-order chi connectivity index (χ1) is 11.5. The van der Waals surface area contributed by atoms with Crippen LogP contribution >= 0.6 is 0 Å². The van der Waals surface area contributed by atoms with Crippen LogP contribution in [0.1, 0.15) is 10.5 Å². The van der Waals surface area contributed by atoms with Gasteiger partial charge >= 0.3 is 0 Å². The Balaban J connectivity index is 1.85. The fraction of sp³-hybridized carbons (Fsp3) is 0. The van der Waals surface area contributed by atoms with E-state index in [-0.39, 0.29) is 11.4 Å². The fourth-order valence-electron chi connectivity index (χ4n) is 2.03. The number of amides is 1. The molecule has 0 saturated heterocycles. The van der Waals surface area contributed by atoms with Gasteiger partial charge in [-0.15, -0.1) is 0 Å². The second-order valence-electron chi connectivity index (χ2n) is 4.77. The molecule has 0 unspecified atom stereocenters. The SMILES string of the molecule is O=C(Nc1ccc(F)c(F)c1F)c1ccn(-c2ccccc2F)n1. The molecule has 24 heavy (non-hydrogen) atoms. The highest BCUT2D eigenvalue weighted by molar-refractivity contribution is 6.02. The van der Waals surface area contributed by atoms with Crippen LogP contribution < -0.4 is 5.32 Å². The van der Waals surface area contributed by atoms with E-state index < -0.39 is 34.9 Å². The van der Waals surface area contributed by atoms with Crippen molar-refractivity contribution in [2.45, 2.75) is 0 Å². The van der Waals surface area contributed by atoms with Crippen molar-refractivity contribution in [1.82, 2.24) is 9.78 Å². The fourth-order valence-corrected chi connectivity index (χ4v) is 2.03. The van der Waals surface area contributed by atoms with Gasteiger partial charge in [-0.25, -0.2) is 22.2 Å². The summed E-state index contributed by atoms with van der Waals surface area (Å²) in [6, 6.07) is 8.63. The lowest BCUT2D eigenvalue weighted by atomic mass is 10.2. The smallest absolute Gasteiger partial charge is 0.276 e. The third-order valence-electron chi connectivity index (χ3n) is 3.20. The number of para-hydroxylation sites is 1. The Bertz CT molecular complexity index is 923. The second-order valence-corrected chi connectivity index (χ2v) is 4.77. The van der Waals surface area contributed by atoms with Crippen molar-refractivity contribution in [3.63, 3.8) is 0 Å². The van der Waals surface area contributed by atoms with E-state index in [0.717, 1.165) is 10.7 Å². The summed E-state index contributed by atoms with van der Waals surface area (Å²) in [7, 11) is 0. The van der Waals surface area contributed by atoms with Crippen molar-refractivity contribution in [1.29, 1.82) is 0 Å². The van der Waals surface area contributed by atoms with Crippen LogP contribution in [-0.2, 0) is 0 Å². The number of benzene rings is 2. The molecule has 0 aliphatic carbocycles. The normalized spacial score (nSPS) is 10.7. The summed E-state index contributed by atoms with van der Waals surface area (Å²) >= 11 is 0. The molecule has 0 saturated carbocycles. The molecule has 0 bridgehead atoms. The van der Waals surface area contributed by atoms with Gasteiger partial charge in [0, 0.05) is 6.20 Å². The molecule has 1 heterocycles. The lowest BCUT2D eigenvalue weighted by Gasteiger charge is -2.06. The average molecular weight is 335 g/mol. The van der Waals surface area contributed by atoms with Crippen molar-refractivity contribution >= 4 is 11.6 Å². The van der Waals surface area contributed by atoms with E-state index in [0.29, 0.717) is 6.07 Å². The van der Waals surface area contributed by atoms with Gasteiger partial charge in [0.05, 0.1) is 5.69 Å². The van der Waals surface area contributed by atoms with Crippen LogP contribution in [0.5, 0.6) is 0 Å². The number of hydrogen-bond donors (Lipinski definition) is 1. The minimum absolute atomic E-state index is 0.121. The van der Waals surface area contributed by atoms with Gasteiger partial charge in [0.15, 0.2) is 23.1 Å². The summed E-state index contributed by atoms with van der Waals surface area (Å²) in [5.41, 5.74) is -0.558. The number of anilines is 1. The van der Waals surface area contributed by atoms with Crippen LogP contribution in [0.15, 0.2) is 48.7 Å². The Kier molecular flexibility index (Phi) is 4.03. The van der Waals surface area contributed by atoms with Crippen molar-refractivity contribution < 1.29 is 22.4 Å². The minimum Gasteiger partial charge on any atom is -0.318 e. The van der Waals surface area contributed by atoms with Crippen molar-refractivity contribution in [2.75, 3.05) is 5.32 Å². The van der Waals surface area contributed by atoms with Gasteiger partial charge < -0.3 is 5.32 Å². The number of nitrogens with one attached hydrogen (secondary N) is 1. The van der Waals surface area contributed by atoms with Gasteiger partial charge in [-0.05, 0) is 30.3 Å². The highest BCUT2D eigenvalue weighted by atomic mass is 19.2. The molecule has 1 aromatic heterocycles. The van der Waals surface area contributed by atoms with Gasteiger partial charge in [0.2, 0.25) is 0 Å². The maximum atomic E-state index is 13.7. The van der Waals surface area contributed by atoms with Crippen LogP contribution in [0.25, 0.3) is 5.69 Å². The van der Waals surface area contributed by atoms with Crippen LogP contribution in [0.2, 0.25) is 0 Å². The van der Waals surface area contributed by atoms with Crippen LogP contribution in [0, 0.1) is 23.3 Å². The van der Waals surface area contributed by atoms with Gasteiger partial charge in [-0.2, -0.15) is 5.10 Å². The Hall–Kier alpha value is -3.16. The summed E-state index contributed by atoms with van der Waals surface area (Å²) in [5, 5.41) is 5.97. The molecule has 1 amide bonds. The Morgan fingerprint density at radius 3 is 2.42 bits per heavy atom. The standard InChI is InChI=1S/C16H9F4N3O/c17-9-3-1-2-4-13(9)23-8-7-12(22-23)16(24)21-11-6-5-10(18)14(19)15(11)20/h1-8H,(H,21,24). The number of rotatable bonds is 3. The van der Waals surface area contributed by atoms with Gasteiger partial charge in [0.25, 0.3) is 5.91 Å². The van der Waals surface area contributed by atoms with E-state index in [1.165, 1.54) is 30.5 Å². The van der Waals surface area contributed by atoms with Crippen LogP contribution in [0.3, 0.4) is 0 Å². The molecule has 4 nitrogen and oxygen atoms in total. The monoisotopic (exact) mass is 335 g/mol. The van der Waals surface area contributed by atoms with E-state index in [4.69, 9.17) is 0 Å². The van der Waals surface area contributed by atoms with E-state index in [2.05, 4.69) is 10.4 Å². The first kappa shape index (κ1) is 15.7. The van der Waals surface area contributed by atoms with Crippen LogP contribution in [0.4, 0.5) is 23.2 Å². The third kappa shape index (κ3) is 2.85. The zero-order valence-corrected chi connectivity index (χ0v) is 11.9. The molecule has 3 aromatic rings. The molecular formula is C16H9F4N3O. The molecule has 0 radical (unpaired) electrons. The Labute approximate surface area is 133 Å². The zero-order chi connectivity index (χ0) is 17.3. The molecule has 0 aliphatic rings. The molecule has 122 valence electrons. The molecule has 3 rings (SSSR count). The molecule has 0 spiro atoms. The summed E-state index contributed by atoms with van der Waals surface area (Å²) in [6.45, 7) is 0. The van der Waals surface area contributed by atoms with Crippen molar-refractivity contribution in [2.24, 2.45) is 0 Å². The van der Waals surface area contributed by atoms with Gasteiger partial charge in [-0.3, -0.25) is 4.79 Å². The number of aromatic nitrogens is 2. The number of hydrogen-bond acceptors (Lipinski definition) is 2. The summed E-state index contributed by atoms with van der Waals surface area (Å²) < 4.78 is 54.4. The lowest BCUT2D eigenvalue weighted by Crippen LogP contribution is -2.15. The molecular weight excluding hydrogens is 326 g/mol. The molecule has 8 heteroatoms. The van der Waals surface area contributed by atoms with E-state index in [1.807, 2.05) is 0 Å². The van der Waals surface area contributed by atoms with E-state index in [1.54, 1.807) is 6.07 Å². The number of carbonyl (C=O) groups is 1. The maximum absolute atomic E-state index is 13.7. The molecule has 0 atom stereocenters. The third-order valence-corrected chi connectivity index (χ3v) is 3.20. The number of halogens is 4. The van der Waals surface area contributed by atoms with E-state index in [9.17, 15) is 22.4 Å². The first-order valence-corrected chi connectivity index (χ1v) is 6.73. The molecule has 2 aromatic carbocycles. The Morgan fingerprint density at radius 2 is 1.67 bits per heavy atom. The molecule has 0 fully saturated rings. The summed E-state index contributed by atoms with van der Waals surface area (Å²) in [4.78, 5) is 12.0. The predicted molar refractivity (Wildman–Crippen MR) is 77.8 cm³/mol. The second kappa shape index (κ2) is 6.15. The highest BCUT2D eigenvalue weighted by Crippen LogP contribution is 2.20. The van der Waals surface area contributed by atoms with E-state index >= 15 is 0 Å². The molecule has 0 aliphatic heterocycles. The number of nitrogens with zero attached hydrogens (tertiary/aromatic N) is 2. The summed E-state index contributed by atoms with van der Waals surface area (Å²) in [5.74, 6) is -5.97. The average Bonchev–Trinajstić information content (AvgIpc) is 3.06. The van der Waals surface area contributed by atoms with Gasteiger partial charge in [-0.1, -0.05) is 12.1 Å². The summed E-state index contributed by atoms with van der Waals surface area (Å²) in [6.07, 6.45) is 1.34. The topological polar surface area (TPSA) is 46.9 Å². The van der Waals surface area contributed by atoms with Crippen LogP contribution in [-0.4, -0.2) is 15.7 Å². The first-order valence-electron chi connectivity index (χ1n) is 6.73.